The van der Waals surface area contributed by atoms with Crippen molar-refractivity contribution in [2.45, 2.75) is 13.5 Å². The molecule has 0 bridgehead atoms. The molecule has 10 heteroatoms. The third-order valence-corrected chi connectivity index (χ3v) is 5.11. The average Bonchev–Trinajstić information content (AvgIpc) is 3.00. The van der Waals surface area contributed by atoms with E-state index in [9.17, 15) is 19.5 Å². The minimum absolute atomic E-state index is 0.0102. The van der Waals surface area contributed by atoms with Crippen LogP contribution in [0.2, 0.25) is 0 Å². The molecule has 0 atom stereocenters. The van der Waals surface area contributed by atoms with Gasteiger partial charge in [-0.3, -0.25) is 23.8 Å². The van der Waals surface area contributed by atoms with Gasteiger partial charge in [-0.25, -0.2) is 9.48 Å². The summed E-state index contributed by atoms with van der Waals surface area (Å²) in [5.41, 5.74) is -0.684. The second-order valence-electron chi connectivity index (χ2n) is 7.11. The van der Waals surface area contributed by atoms with Crippen molar-refractivity contribution in [1.29, 1.82) is 0 Å². The first kappa shape index (κ1) is 20.8. The maximum Gasteiger partial charge on any atom is 0.331 e. The van der Waals surface area contributed by atoms with Crippen molar-refractivity contribution in [2.75, 3.05) is 0 Å². The Bertz CT molecular complexity index is 1480. The number of H-pyrrole nitrogens is 1. The number of nitrogens with one attached hydrogen (secondary N) is 1. The van der Waals surface area contributed by atoms with Gasteiger partial charge in [0, 0.05) is 7.05 Å². The molecule has 10 nitrogen and oxygen atoms in total. The van der Waals surface area contributed by atoms with E-state index in [1.807, 2.05) is 12.1 Å². The van der Waals surface area contributed by atoms with E-state index in [0.717, 1.165) is 10.1 Å². The van der Waals surface area contributed by atoms with Crippen molar-refractivity contribution in [2.24, 2.45) is 17.3 Å². The Balaban J connectivity index is 1.78. The van der Waals surface area contributed by atoms with Crippen LogP contribution < -0.4 is 16.8 Å². The van der Waals surface area contributed by atoms with Crippen molar-refractivity contribution in [3.8, 4) is 11.6 Å². The van der Waals surface area contributed by atoms with Crippen molar-refractivity contribution >= 4 is 11.4 Å². The summed E-state index contributed by atoms with van der Waals surface area (Å²) >= 11 is 0. The monoisotopic (exact) mass is 432 g/mol. The average molecular weight is 432 g/mol. The second kappa shape index (κ2) is 8.34. The van der Waals surface area contributed by atoms with Gasteiger partial charge < -0.3 is 5.11 Å². The lowest BCUT2D eigenvalue weighted by Gasteiger charge is -2.08. The highest BCUT2D eigenvalue weighted by Crippen LogP contribution is 2.24. The minimum Gasteiger partial charge on any atom is -0.493 e. The lowest BCUT2D eigenvalue weighted by molar-refractivity contribution is 0.411. The third kappa shape index (κ3) is 3.69. The molecule has 0 aliphatic carbocycles. The van der Waals surface area contributed by atoms with E-state index < -0.39 is 28.4 Å². The summed E-state index contributed by atoms with van der Waals surface area (Å²) in [5.74, 6) is -0.636. The van der Waals surface area contributed by atoms with Crippen LogP contribution in [0.4, 0.5) is 11.4 Å². The number of aromatic nitrogens is 4. The number of aromatic amines is 1. The minimum atomic E-state index is -0.905. The maximum absolute atomic E-state index is 12.9. The SMILES string of the molecule is Cc1c(N=Nc2c(O)n(Cc3ccccc3)c(=O)[nH]c2=O)c(=O)n(-c2ccccc2)n1C. The van der Waals surface area contributed by atoms with Gasteiger partial charge in [-0.15, -0.1) is 10.2 Å². The number of nitrogens with zero attached hydrogens (tertiary/aromatic N) is 5. The number of hydrogen-bond donors (Lipinski definition) is 2. The molecule has 0 saturated heterocycles. The van der Waals surface area contributed by atoms with Crippen LogP contribution in [-0.4, -0.2) is 24.0 Å². The van der Waals surface area contributed by atoms with E-state index in [0.29, 0.717) is 11.4 Å². The molecular weight excluding hydrogens is 412 g/mol. The Morgan fingerprint density at radius 1 is 0.906 bits per heavy atom. The normalized spacial score (nSPS) is 11.3. The smallest absolute Gasteiger partial charge is 0.331 e. The summed E-state index contributed by atoms with van der Waals surface area (Å²) in [6, 6.07) is 18.0. The van der Waals surface area contributed by atoms with E-state index in [1.165, 1.54) is 4.68 Å². The van der Waals surface area contributed by atoms with Crippen molar-refractivity contribution < 1.29 is 5.11 Å². The number of rotatable bonds is 5. The zero-order valence-corrected chi connectivity index (χ0v) is 17.4. The van der Waals surface area contributed by atoms with Crippen molar-refractivity contribution in [3.63, 3.8) is 0 Å². The van der Waals surface area contributed by atoms with Gasteiger partial charge >= 0.3 is 5.69 Å². The van der Waals surface area contributed by atoms with Gasteiger partial charge in [0.05, 0.1) is 17.9 Å². The summed E-state index contributed by atoms with van der Waals surface area (Å²) in [6.45, 7) is 1.71. The molecule has 2 aromatic carbocycles. The summed E-state index contributed by atoms with van der Waals surface area (Å²) in [6.07, 6.45) is 0. The van der Waals surface area contributed by atoms with E-state index in [1.54, 1.807) is 67.2 Å². The molecule has 2 N–H and O–H groups in total. The summed E-state index contributed by atoms with van der Waals surface area (Å²) in [7, 11) is 1.70. The molecule has 4 aromatic rings. The fourth-order valence-corrected chi connectivity index (χ4v) is 3.32. The molecule has 4 rings (SSSR count). The first-order chi connectivity index (χ1) is 15.4. The summed E-state index contributed by atoms with van der Waals surface area (Å²) < 4.78 is 4.02. The quantitative estimate of drug-likeness (QED) is 0.470. The molecule has 0 aliphatic heterocycles. The molecule has 0 spiro atoms. The number of benzene rings is 2. The molecule has 162 valence electrons. The predicted octanol–water partition coefficient (Wildman–Crippen LogP) is 2.50. The number of hydrogen-bond acceptors (Lipinski definition) is 6. The van der Waals surface area contributed by atoms with Crippen LogP contribution in [0.5, 0.6) is 5.88 Å². The first-order valence-electron chi connectivity index (χ1n) is 9.74. The molecule has 2 heterocycles. The maximum atomic E-state index is 12.9. The Kier molecular flexibility index (Phi) is 5.42. The van der Waals surface area contributed by atoms with Crippen molar-refractivity contribution in [3.05, 3.63) is 103 Å². The molecule has 0 radical (unpaired) electrons. The highest BCUT2D eigenvalue weighted by atomic mass is 16.3. The number of para-hydroxylation sites is 1. The zero-order valence-electron chi connectivity index (χ0n) is 17.4. The van der Waals surface area contributed by atoms with Crippen LogP contribution in [-0.2, 0) is 13.6 Å². The highest BCUT2D eigenvalue weighted by molar-refractivity contribution is 5.47. The van der Waals surface area contributed by atoms with Gasteiger partial charge in [0.1, 0.15) is 0 Å². The molecule has 0 fully saturated rings. The van der Waals surface area contributed by atoms with Crippen LogP contribution in [0.3, 0.4) is 0 Å². The summed E-state index contributed by atoms with van der Waals surface area (Å²) in [4.78, 5) is 39.6. The van der Waals surface area contributed by atoms with Gasteiger partial charge in [0.15, 0.2) is 5.69 Å². The molecule has 0 amide bonds. The number of aromatic hydroxyl groups is 1. The van der Waals surface area contributed by atoms with Crippen LogP contribution >= 0.6 is 0 Å². The standard InChI is InChI=1S/C22H20N6O4/c1-14-17(21(31)28(26(14)2)16-11-7-4-8-12-16)24-25-18-19(29)23-22(32)27(20(18)30)13-15-9-5-3-6-10-15/h3-12,30H,13H2,1-2H3,(H,23,29,32). The Morgan fingerprint density at radius 3 is 2.16 bits per heavy atom. The van der Waals surface area contributed by atoms with Gasteiger partial charge in [-0.05, 0) is 24.6 Å². The first-order valence-corrected chi connectivity index (χ1v) is 9.74. The fraction of sp³-hybridized carbons (Fsp3) is 0.136. The van der Waals surface area contributed by atoms with Crippen LogP contribution in [0.25, 0.3) is 5.69 Å². The predicted molar refractivity (Wildman–Crippen MR) is 118 cm³/mol. The zero-order chi connectivity index (χ0) is 22.8. The van der Waals surface area contributed by atoms with Gasteiger partial charge in [-0.2, -0.15) is 0 Å². The van der Waals surface area contributed by atoms with Crippen LogP contribution in [0.1, 0.15) is 11.3 Å². The van der Waals surface area contributed by atoms with Crippen LogP contribution in [0, 0.1) is 6.92 Å². The third-order valence-electron chi connectivity index (χ3n) is 5.11. The molecule has 0 unspecified atom stereocenters. The molecule has 32 heavy (non-hydrogen) atoms. The molecular formula is C22H20N6O4. The van der Waals surface area contributed by atoms with Crippen LogP contribution in [0.15, 0.2) is 85.3 Å². The summed E-state index contributed by atoms with van der Waals surface area (Å²) in [5, 5.41) is 18.4. The largest absolute Gasteiger partial charge is 0.493 e. The lowest BCUT2D eigenvalue weighted by atomic mass is 10.2. The number of azo groups is 1. The topological polar surface area (TPSA) is 127 Å². The van der Waals surface area contributed by atoms with E-state index in [2.05, 4.69) is 15.2 Å². The molecule has 2 aromatic heterocycles. The Hall–Kier alpha value is -4.47. The lowest BCUT2D eigenvalue weighted by Crippen LogP contribution is -2.30. The van der Waals surface area contributed by atoms with Gasteiger partial charge in [-0.1, -0.05) is 48.5 Å². The Morgan fingerprint density at radius 2 is 1.50 bits per heavy atom. The molecule has 0 saturated carbocycles. The fourth-order valence-electron chi connectivity index (χ4n) is 3.32. The van der Waals surface area contributed by atoms with Gasteiger partial charge in [0.2, 0.25) is 11.6 Å². The van der Waals surface area contributed by atoms with E-state index in [4.69, 9.17) is 0 Å². The van der Waals surface area contributed by atoms with E-state index >= 15 is 0 Å². The van der Waals surface area contributed by atoms with Gasteiger partial charge in [0.25, 0.3) is 11.1 Å². The Labute approximate surface area is 181 Å². The molecule has 0 aliphatic rings. The second-order valence-corrected chi connectivity index (χ2v) is 7.11. The highest BCUT2D eigenvalue weighted by Gasteiger charge is 2.18. The van der Waals surface area contributed by atoms with E-state index in [-0.39, 0.29) is 12.2 Å². The van der Waals surface area contributed by atoms with Crippen molar-refractivity contribution in [1.82, 2.24) is 18.9 Å².